The van der Waals surface area contributed by atoms with Gasteiger partial charge in [0.05, 0.1) is 11.3 Å². The molecule has 7 heteroatoms. The van der Waals surface area contributed by atoms with Crippen molar-refractivity contribution in [3.05, 3.63) is 65.4 Å². The second-order valence-electron chi connectivity index (χ2n) is 4.14. The van der Waals surface area contributed by atoms with Crippen molar-refractivity contribution in [1.29, 1.82) is 0 Å². The third kappa shape index (κ3) is 3.06. The van der Waals surface area contributed by atoms with E-state index in [0.717, 1.165) is 5.69 Å². The summed E-state index contributed by atoms with van der Waals surface area (Å²) in [7, 11) is 0. The van der Waals surface area contributed by atoms with Crippen LogP contribution in [0.4, 0.5) is 0 Å². The van der Waals surface area contributed by atoms with E-state index in [4.69, 9.17) is 16.3 Å². The summed E-state index contributed by atoms with van der Waals surface area (Å²) in [6.07, 6.45) is 1.47. The number of hydrogen-bond donors (Lipinski definition) is 0. The van der Waals surface area contributed by atoms with Crippen LogP contribution in [0.15, 0.2) is 54.9 Å². The number of esters is 1. The van der Waals surface area contributed by atoms with E-state index < -0.39 is 5.97 Å². The smallest absolute Gasteiger partial charge is 0.343 e. The molecule has 2 aromatic carbocycles. The van der Waals surface area contributed by atoms with Crippen molar-refractivity contribution in [2.24, 2.45) is 0 Å². The molecule has 0 bridgehead atoms. The molecule has 0 atom stereocenters. The second kappa shape index (κ2) is 5.72. The lowest BCUT2D eigenvalue weighted by molar-refractivity contribution is 0.0735. The first-order chi connectivity index (χ1) is 10.2. The van der Waals surface area contributed by atoms with Crippen LogP contribution in [0.2, 0.25) is 5.02 Å². The van der Waals surface area contributed by atoms with E-state index in [1.807, 2.05) is 0 Å². The first kappa shape index (κ1) is 13.3. The molecule has 3 aromatic rings. The Kier molecular flexibility index (Phi) is 3.61. The molecule has 0 N–H and O–H groups in total. The molecule has 3 rings (SSSR count). The van der Waals surface area contributed by atoms with E-state index in [-0.39, 0.29) is 0 Å². The summed E-state index contributed by atoms with van der Waals surface area (Å²) >= 11 is 5.77. The predicted molar refractivity (Wildman–Crippen MR) is 75.6 cm³/mol. The minimum atomic E-state index is -0.444. The maximum atomic E-state index is 12.0. The van der Waals surface area contributed by atoms with Crippen LogP contribution in [0.1, 0.15) is 10.4 Å². The largest absolute Gasteiger partial charge is 0.423 e. The van der Waals surface area contributed by atoms with Gasteiger partial charge in [0.1, 0.15) is 12.1 Å². The summed E-state index contributed by atoms with van der Waals surface area (Å²) < 4.78 is 6.74. The van der Waals surface area contributed by atoms with Crippen LogP contribution in [0.5, 0.6) is 5.75 Å². The molecule has 0 fully saturated rings. The molecule has 6 nitrogen and oxygen atoms in total. The number of carbonyl (C=O) groups excluding carboxylic acids is 1. The number of carbonyl (C=O) groups is 1. The van der Waals surface area contributed by atoms with Gasteiger partial charge in [0.2, 0.25) is 0 Å². The third-order valence-electron chi connectivity index (χ3n) is 2.74. The highest BCUT2D eigenvalue weighted by molar-refractivity contribution is 6.30. The van der Waals surface area contributed by atoms with Crippen molar-refractivity contribution in [3.8, 4) is 11.4 Å². The first-order valence-electron chi connectivity index (χ1n) is 6.03. The van der Waals surface area contributed by atoms with E-state index in [0.29, 0.717) is 16.3 Å². The molecule has 0 radical (unpaired) electrons. The Morgan fingerprint density at radius 1 is 1.05 bits per heavy atom. The number of rotatable bonds is 3. The van der Waals surface area contributed by atoms with E-state index in [2.05, 4.69) is 15.5 Å². The van der Waals surface area contributed by atoms with Gasteiger partial charge in [0, 0.05) is 5.02 Å². The van der Waals surface area contributed by atoms with Gasteiger partial charge in [0.15, 0.2) is 0 Å². The minimum Gasteiger partial charge on any atom is -0.423 e. The van der Waals surface area contributed by atoms with E-state index >= 15 is 0 Å². The molecule has 0 amide bonds. The molecule has 0 aliphatic carbocycles. The van der Waals surface area contributed by atoms with Gasteiger partial charge in [-0.05, 0) is 59.0 Å². The van der Waals surface area contributed by atoms with E-state index in [1.54, 1.807) is 48.5 Å². The molecule has 1 heterocycles. The first-order valence-corrected chi connectivity index (χ1v) is 6.41. The topological polar surface area (TPSA) is 69.9 Å². The zero-order valence-electron chi connectivity index (χ0n) is 10.7. The van der Waals surface area contributed by atoms with Crippen LogP contribution in [0.25, 0.3) is 5.69 Å². The van der Waals surface area contributed by atoms with Gasteiger partial charge in [-0.3, -0.25) is 0 Å². The quantitative estimate of drug-likeness (QED) is 0.549. The van der Waals surface area contributed by atoms with E-state index in [9.17, 15) is 4.79 Å². The molecular formula is C14H9ClN4O2. The highest BCUT2D eigenvalue weighted by atomic mass is 35.5. The predicted octanol–water partition coefficient (Wildman–Crippen LogP) is 2.53. The molecule has 1 aromatic heterocycles. The minimum absolute atomic E-state index is 0.432. The summed E-state index contributed by atoms with van der Waals surface area (Å²) in [5, 5.41) is 11.4. The number of hydrogen-bond acceptors (Lipinski definition) is 5. The second-order valence-corrected chi connectivity index (χ2v) is 4.58. The van der Waals surface area contributed by atoms with Crippen LogP contribution < -0.4 is 4.74 Å². The number of benzene rings is 2. The Labute approximate surface area is 124 Å². The van der Waals surface area contributed by atoms with Gasteiger partial charge in [-0.1, -0.05) is 11.6 Å². The number of nitrogens with zero attached hydrogens (tertiary/aromatic N) is 4. The fraction of sp³-hybridized carbons (Fsp3) is 0. The molecule has 0 saturated carbocycles. The number of halogens is 1. The Hall–Kier alpha value is -2.73. The molecule has 104 valence electrons. The monoisotopic (exact) mass is 300 g/mol. The highest BCUT2D eigenvalue weighted by Crippen LogP contribution is 2.17. The molecule has 0 spiro atoms. The highest BCUT2D eigenvalue weighted by Gasteiger charge is 2.09. The molecule has 0 saturated heterocycles. The molecule has 21 heavy (non-hydrogen) atoms. The summed E-state index contributed by atoms with van der Waals surface area (Å²) in [6, 6.07) is 13.3. The van der Waals surface area contributed by atoms with Crippen LogP contribution in [0.3, 0.4) is 0 Å². The van der Waals surface area contributed by atoms with Gasteiger partial charge in [-0.2, -0.15) is 0 Å². The van der Waals surface area contributed by atoms with Crippen molar-refractivity contribution >= 4 is 17.6 Å². The maximum absolute atomic E-state index is 12.0. The maximum Gasteiger partial charge on any atom is 0.343 e. The molecule has 0 aliphatic rings. The van der Waals surface area contributed by atoms with Crippen molar-refractivity contribution in [2.45, 2.75) is 0 Å². The Balaban J connectivity index is 1.74. The van der Waals surface area contributed by atoms with Gasteiger partial charge < -0.3 is 4.74 Å². The van der Waals surface area contributed by atoms with Crippen LogP contribution >= 0.6 is 11.6 Å². The average Bonchev–Trinajstić information content (AvgIpc) is 3.04. The van der Waals surface area contributed by atoms with Gasteiger partial charge in [0.25, 0.3) is 0 Å². The number of ether oxygens (including phenoxy) is 1. The molecule has 0 unspecified atom stereocenters. The SMILES string of the molecule is O=C(Oc1ccc(Cl)cc1)c1ccc(-n2cnnn2)cc1. The van der Waals surface area contributed by atoms with Crippen LogP contribution in [-0.4, -0.2) is 26.2 Å². The fourth-order valence-corrected chi connectivity index (χ4v) is 1.82. The summed E-state index contributed by atoms with van der Waals surface area (Å²) in [4.78, 5) is 12.0. The lowest BCUT2D eigenvalue weighted by atomic mass is 10.2. The molecular weight excluding hydrogens is 292 g/mol. The van der Waals surface area contributed by atoms with Crippen molar-refractivity contribution in [2.75, 3.05) is 0 Å². The van der Waals surface area contributed by atoms with Crippen molar-refractivity contribution in [1.82, 2.24) is 20.2 Å². The summed E-state index contributed by atoms with van der Waals surface area (Å²) in [5.41, 5.74) is 1.19. The van der Waals surface area contributed by atoms with E-state index in [1.165, 1.54) is 11.0 Å². The Morgan fingerprint density at radius 2 is 1.76 bits per heavy atom. The normalized spacial score (nSPS) is 10.3. The molecule has 0 aliphatic heterocycles. The zero-order chi connectivity index (χ0) is 14.7. The van der Waals surface area contributed by atoms with Gasteiger partial charge >= 0.3 is 5.97 Å². The summed E-state index contributed by atoms with van der Waals surface area (Å²) in [5.74, 6) is -0.00506. The number of aromatic nitrogens is 4. The Bertz CT molecular complexity index is 740. The zero-order valence-corrected chi connectivity index (χ0v) is 11.4. The summed E-state index contributed by atoms with van der Waals surface area (Å²) in [6.45, 7) is 0. The lowest BCUT2D eigenvalue weighted by Crippen LogP contribution is -2.08. The Morgan fingerprint density at radius 3 is 2.38 bits per heavy atom. The number of tetrazole rings is 1. The average molecular weight is 301 g/mol. The van der Waals surface area contributed by atoms with Crippen molar-refractivity contribution < 1.29 is 9.53 Å². The standard InChI is InChI=1S/C14H9ClN4O2/c15-11-3-7-13(8-4-11)21-14(20)10-1-5-12(6-2-10)19-9-16-17-18-19/h1-9H. The van der Waals surface area contributed by atoms with Crippen molar-refractivity contribution in [3.63, 3.8) is 0 Å². The van der Waals surface area contributed by atoms with Gasteiger partial charge in [-0.25, -0.2) is 9.48 Å². The third-order valence-corrected chi connectivity index (χ3v) is 2.99. The fourth-order valence-electron chi connectivity index (χ4n) is 1.70. The van der Waals surface area contributed by atoms with Crippen LogP contribution in [0, 0.1) is 0 Å². The lowest BCUT2D eigenvalue weighted by Gasteiger charge is -2.05. The van der Waals surface area contributed by atoms with Gasteiger partial charge in [-0.15, -0.1) is 5.10 Å². The van der Waals surface area contributed by atoms with Crippen LogP contribution in [-0.2, 0) is 0 Å².